The molecule has 1 aromatic heterocycles. The molecule has 2 heteroatoms. The first-order valence-electron chi connectivity index (χ1n) is 18.6. The fourth-order valence-electron chi connectivity index (χ4n) is 8.67. The van der Waals surface area contributed by atoms with E-state index in [9.17, 15) is 0 Å². The molecule has 0 aliphatic rings. The lowest BCUT2D eigenvalue weighted by Crippen LogP contribution is -2.11. The van der Waals surface area contributed by atoms with Crippen molar-refractivity contribution >= 4 is 82.0 Å². The summed E-state index contributed by atoms with van der Waals surface area (Å²) in [6.45, 7) is 0. The number of benzene rings is 10. The minimum Gasteiger partial charge on any atom is -0.310 e. The summed E-state index contributed by atoms with van der Waals surface area (Å²) in [5, 5.41) is 12.5. The van der Waals surface area contributed by atoms with Crippen molar-refractivity contribution in [3.05, 3.63) is 206 Å². The van der Waals surface area contributed by atoms with Crippen LogP contribution in [0.1, 0.15) is 0 Å². The van der Waals surface area contributed by atoms with Gasteiger partial charge in [-0.05, 0) is 103 Å². The Balaban J connectivity index is 1.13. The van der Waals surface area contributed by atoms with Crippen LogP contribution in [0.25, 0.3) is 81.7 Å². The second-order valence-corrected chi connectivity index (χ2v) is 14.1. The van der Waals surface area contributed by atoms with Crippen molar-refractivity contribution < 1.29 is 0 Å². The maximum absolute atomic E-state index is 2.44. The maximum atomic E-state index is 2.44. The van der Waals surface area contributed by atoms with Crippen LogP contribution in [-0.2, 0) is 0 Å². The van der Waals surface area contributed by atoms with Crippen LogP contribution < -0.4 is 4.90 Å². The second kappa shape index (κ2) is 12.2. The molecule has 0 N–H and O–H groups in total. The van der Waals surface area contributed by atoms with Gasteiger partial charge in [-0.1, -0.05) is 152 Å². The zero-order valence-electron chi connectivity index (χ0n) is 29.5. The molecule has 1 heterocycles. The van der Waals surface area contributed by atoms with Crippen LogP contribution in [0.5, 0.6) is 0 Å². The summed E-state index contributed by atoms with van der Waals surface area (Å²) < 4.78 is 2.44. The van der Waals surface area contributed by atoms with Gasteiger partial charge in [-0.25, -0.2) is 0 Å². The van der Waals surface area contributed by atoms with E-state index in [1.807, 2.05) is 0 Å². The van der Waals surface area contributed by atoms with Gasteiger partial charge in [0.25, 0.3) is 0 Å². The van der Waals surface area contributed by atoms with Gasteiger partial charge >= 0.3 is 0 Å². The van der Waals surface area contributed by atoms with E-state index in [1.54, 1.807) is 0 Å². The molecule has 0 aliphatic carbocycles. The summed E-state index contributed by atoms with van der Waals surface area (Å²) in [6.07, 6.45) is 0. The third kappa shape index (κ3) is 4.74. The third-order valence-corrected chi connectivity index (χ3v) is 11.1. The van der Waals surface area contributed by atoms with Crippen LogP contribution in [0, 0.1) is 0 Å². The van der Waals surface area contributed by atoms with Gasteiger partial charge in [0, 0.05) is 33.2 Å². The second-order valence-electron chi connectivity index (χ2n) is 14.1. The lowest BCUT2D eigenvalue weighted by atomic mass is 9.96. The van der Waals surface area contributed by atoms with Crippen LogP contribution in [0.2, 0.25) is 0 Å². The fourth-order valence-corrected chi connectivity index (χ4v) is 8.67. The highest BCUT2D eigenvalue weighted by molar-refractivity contribution is 6.28. The number of rotatable bonds is 5. The Morgan fingerprint density at radius 3 is 1.52 bits per heavy atom. The third-order valence-electron chi connectivity index (χ3n) is 11.1. The average molecular weight is 687 g/mol. The quantitative estimate of drug-likeness (QED) is 0.175. The molecule has 0 fully saturated rings. The van der Waals surface area contributed by atoms with E-state index in [-0.39, 0.29) is 0 Å². The molecule has 54 heavy (non-hydrogen) atoms. The molecule has 0 atom stereocenters. The number of fused-ring (bicyclic) bond motifs is 9. The first-order valence-corrected chi connectivity index (χ1v) is 18.6. The van der Waals surface area contributed by atoms with Crippen molar-refractivity contribution in [2.24, 2.45) is 0 Å². The molecule has 0 amide bonds. The Morgan fingerprint density at radius 1 is 0.333 bits per heavy atom. The van der Waals surface area contributed by atoms with E-state index in [0.29, 0.717) is 0 Å². The highest BCUT2D eigenvalue weighted by Gasteiger charge is 2.20. The SMILES string of the molecule is c1ccc(-c2ccc(N(c3ccc(-n4c5ccc6ccccc6c5c5c6ccccc6ccc54)cc3)c3ccc4ccccc4c3)c3ccccc23)cc1. The Morgan fingerprint density at radius 2 is 0.852 bits per heavy atom. The molecule has 0 saturated heterocycles. The summed E-state index contributed by atoms with van der Waals surface area (Å²) in [4.78, 5) is 2.42. The summed E-state index contributed by atoms with van der Waals surface area (Å²) in [6, 6.07) is 75.2. The van der Waals surface area contributed by atoms with E-state index in [0.717, 1.165) is 22.7 Å². The van der Waals surface area contributed by atoms with Crippen molar-refractivity contribution in [1.29, 1.82) is 0 Å². The predicted octanol–water partition coefficient (Wildman–Crippen LogP) is 14.5. The minimum absolute atomic E-state index is 1.10. The van der Waals surface area contributed by atoms with Gasteiger partial charge in [0.1, 0.15) is 0 Å². The molecular formula is C52H34N2. The van der Waals surface area contributed by atoms with E-state index in [2.05, 4.69) is 216 Å². The highest BCUT2D eigenvalue weighted by atomic mass is 15.1. The number of hydrogen-bond acceptors (Lipinski definition) is 1. The lowest BCUT2D eigenvalue weighted by molar-refractivity contribution is 1.18. The highest BCUT2D eigenvalue weighted by Crippen LogP contribution is 2.44. The first kappa shape index (κ1) is 30.5. The minimum atomic E-state index is 1.10. The molecule has 2 nitrogen and oxygen atoms in total. The zero-order chi connectivity index (χ0) is 35.6. The molecule has 0 unspecified atom stereocenters. The van der Waals surface area contributed by atoms with Crippen molar-refractivity contribution in [1.82, 2.24) is 4.57 Å². The monoisotopic (exact) mass is 686 g/mol. The average Bonchev–Trinajstić information content (AvgIpc) is 3.60. The fraction of sp³-hybridized carbons (Fsp3) is 0. The molecule has 11 rings (SSSR count). The van der Waals surface area contributed by atoms with Crippen LogP contribution >= 0.6 is 0 Å². The van der Waals surface area contributed by atoms with Crippen molar-refractivity contribution in [2.45, 2.75) is 0 Å². The Hall–Kier alpha value is -7.16. The summed E-state index contributed by atoms with van der Waals surface area (Å²) in [5.74, 6) is 0. The van der Waals surface area contributed by atoms with Gasteiger partial charge in [0.15, 0.2) is 0 Å². The van der Waals surface area contributed by atoms with Gasteiger partial charge in [0.2, 0.25) is 0 Å². The standard InChI is InChI=1S/C52H34N2/c1-2-13-36(14-3-1)43-30-33-48(47-21-11-10-20-46(43)47)53(42-25-22-35-12-4-5-17-39(35)34-42)40-26-28-41(29-27-40)54-49-31-23-37-15-6-8-18-44(37)51(49)52-45-19-9-7-16-38(45)24-32-50(52)54/h1-34H. The molecular weight excluding hydrogens is 653 g/mol. The smallest absolute Gasteiger partial charge is 0.0547 e. The summed E-state index contributed by atoms with van der Waals surface area (Å²) >= 11 is 0. The predicted molar refractivity (Wildman–Crippen MR) is 231 cm³/mol. The number of aromatic nitrogens is 1. The Labute approximate surface area is 313 Å². The molecule has 10 aromatic carbocycles. The molecule has 11 aromatic rings. The van der Waals surface area contributed by atoms with Crippen molar-refractivity contribution in [2.75, 3.05) is 4.90 Å². The number of nitrogens with zero attached hydrogens (tertiary/aromatic N) is 2. The van der Waals surface area contributed by atoms with Gasteiger partial charge in [-0.15, -0.1) is 0 Å². The topological polar surface area (TPSA) is 8.17 Å². The number of hydrogen-bond donors (Lipinski definition) is 0. The molecule has 252 valence electrons. The van der Waals surface area contributed by atoms with Crippen LogP contribution in [-0.4, -0.2) is 4.57 Å². The largest absolute Gasteiger partial charge is 0.310 e. The molecule has 0 spiro atoms. The van der Waals surface area contributed by atoms with E-state index < -0.39 is 0 Å². The van der Waals surface area contributed by atoms with Gasteiger partial charge in [-0.2, -0.15) is 0 Å². The van der Waals surface area contributed by atoms with Gasteiger partial charge < -0.3 is 9.47 Å². The van der Waals surface area contributed by atoms with Crippen LogP contribution in [0.3, 0.4) is 0 Å². The van der Waals surface area contributed by atoms with Crippen molar-refractivity contribution in [3.8, 4) is 16.8 Å². The number of anilines is 3. The van der Waals surface area contributed by atoms with E-state index in [1.165, 1.54) is 76.0 Å². The summed E-state index contributed by atoms with van der Waals surface area (Å²) in [5.41, 5.74) is 9.36. The summed E-state index contributed by atoms with van der Waals surface area (Å²) in [7, 11) is 0. The van der Waals surface area contributed by atoms with Crippen LogP contribution in [0.15, 0.2) is 206 Å². The Kier molecular flexibility index (Phi) is 6.90. The molecule has 0 radical (unpaired) electrons. The van der Waals surface area contributed by atoms with Gasteiger partial charge in [0.05, 0.1) is 16.7 Å². The van der Waals surface area contributed by atoms with E-state index in [4.69, 9.17) is 0 Å². The van der Waals surface area contributed by atoms with E-state index >= 15 is 0 Å². The maximum Gasteiger partial charge on any atom is 0.0547 e. The lowest BCUT2D eigenvalue weighted by Gasteiger charge is -2.28. The molecule has 0 saturated carbocycles. The molecule has 0 bridgehead atoms. The van der Waals surface area contributed by atoms with Crippen LogP contribution in [0.4, 0.5) is 17.1 Å². The van der Waals surface area contributed by atoms with Crippen molar-refractivity contribution in [3.63, 3.8) is 0 Å². The van der Waals surface area contributed by atoms with Gasteiger partial charge in [-0.3, -0.25) is 0 Å². The first-order chi connectivity index (χ1) is 26.8. The Bertz CT molecular complexity index is 3120. The zero-order valence-corrected chi connectivity index (χ0v) is 29.5. The normalized spacial score (nSPS) is 11.7. The molecule has 0 aliphatic heterocycles.